The van der Waals surface area contributed by atoms with Crippen LogP contribution in [-0.2, 0) is 16.1 Å². The van der Waals surface area contributed by atoms with Crippen molar-refractivity contribution in [2.45, 2.75) is 13.5 Å². The predicted molar refractivity (Wildman–Crippen MR) is 89.6 cm³/mol. The molecule has 0 bridgehead atoms. The van der Waals surface area contributed by atoms with Gasteiger partial charge in [-0.1, -0.05) is 60.7 Å². The number of carbonyl (C=O) groups is 3. The van der Waals surface area contributed by atoms with Crippen molar-refractivity contribution in [1.29, 1.82) is 0 Å². The van der Waals surface area contributed by atoms with Gasteiger partial charge in [0.1, 0.15) is 6.61 Å². The molecule has 0 saturated heterocycles. The van der Waals surface area contributed by atoms with Crippen LogP contribution in [0.1, 0.15) is 22.8 Å². The van der Waals surface area contributed by atoms with E-state index in [0.717, 1.165) is 5.56 Å². The van der Waals surface area contributed by atoms with Crippen molar-refractivity contribution < 1.29 is 19.1 Å². The van der Waals surface area contributed by atoms with Gasteiger partial charge in [0.15, 0.2) is 11.6 Å². The van der Waals surface area contributed by atoms with Gasteiger partial charge in [0.05, 0.1) is 12.5 Å². The Morgan fingerprint density at radius 2 is 1.54 bits per heavy atom. The summed E-state index contributed by atoms with van der Waals surface area (Å²) in [4.78, 5) is 35.8. The minimum atomic E-state index is -0.818. The normalized spacial score (nSPS) is 11.4. The van der Waals surface area contributed by atoms with E-state index in [2.05, 4.69) is 5.32 Å². The Morgan fingerprint density at radius 3 is 2.17 bits per heavy atom. The number of rotatable bonds is 7. The maximum atomic E-state index is 12.2. The van der Waals surface area contributed by atoms with E-state index in [0.29, 0.717) is 5.56 Å². The lowest BCUT2D eigenvalue weighted by atomic mass is 9.95. The number of hydrogen-bond donors (Lipinski definition) is 1. The highest BCUT2D eigenvalue weighted by Gasteiger charge is 2.22. The second kappa shape index (κ2) is 8.62. The van der Waals surface area contributed by atoms with E-state index in [1.807, 2.05) is 30.3 Å². The van der Waals surface area contributed by atoms with Gasteiger partial charge >= 0.3 is 6.09 Å². The molecule has 2 aromatic rings. The number of ketones is 2. The lowest BCUT2D eigenvalue weighted by Gasteiger charge is -2.11. The molecule has 1 unspecified atom stereocenters. The first kappa shape index (κ1) is 17.4. The summed E-state index contributed by atoms with van der Waals surface area (Å²) < 4.78 is 5.02. The molecule has 124 valence electrons. The van der Waals surface area contributed by atoms with Gasteiger partial charge in [-0.3, -0.25) is 9.59 Å². The lowest BCUT2D eigenvalue weighted by Crippen LogP contribution is -2.35. The van der Waals surface area contributed by atoms with Crippen LogP contribution in [0.5, 0.6) is 0 Å². The fourth-order valence-corrected chi connectivity index (χ4v) is 2.09. The Morgan fingerprint density at radius 1 is 0.958 bits per heavy atom. The van der Waals surface area contributed by atoms with Gasteiger partial charge in [-0.25, -0.2) is 4.79 Å². The zero-order chi connectivity index (χ0) is 17.4. The molecule has 0 aliphatic heterocycles. The second-order valence-corrected chi connectivity index (χ2v) is 5.33. The first-order valence-corrected chi connectivity index (χ1v) is 7.64. The molecule has 5 heteroatoms. The highest BCUT2D eigenvalue weighted by atomic mass is 16.5. The minimum absolute atomic E-state index is 0.124. The maximum absolute atomic E-state index is 12.2. The summed E-state index contributed by atoms with van der Waals surface area (Å²) in [7, 11) is 0. The molecule has 1 N–H and O–H groups in total. The van der Waals surface area contributed by atoms with Crippen LogP contribution < -0.4 is 5.32 Å². The van der Waals surface area contributed by atoms with E-state index in [9.17, 15) is 14.4 Å². The molecule has 0 radical (unpaired) electrons. The average molecular weight is 325 g/mol. The number of alkyl carbamates (subject to hydrolysis) is 1. The monoisotopic (exact) mass is 325 g/mol. The van der Waals surface area contributed by atoms with Gasteiger partial charge in [-0.05, 0) is 12.5 Å². The quantitative estimate of drug-likeness (QED) is 0.627. The summed E-state index contributed by atoms with van der Waals surface area (Å²) >= 11 is 0. The Labute approximate surface area is 140 Å². The van der Waals surface area contributed by atoms with Crippen molar-refractivity contribution in [2.75, 3.05) is 6.54 Å². The topological polar surface area (TPSA) is 72.5 Å². The number of carbonyl (C=O) groups excluding carboxylic acids is 3. The Hall–Kier alpha value is -2.95. The summed E-state index contributed by atoms with van der Waals surface area (Å²) in [5, 5.41) is 2.38. The first-order valence-electron chi connectivity index (χ1n) is 7.64. The van der Waals surface area contributed by atoms with Crippen LogP contribution in [0.4, 0.5) is 4.79 Å². The third-order valence-electron chi connectivity index (χ3n) is 3.55. The molecule has 0 aliphatic rings. The number of nitrogens with one attached hydrogen (secondary N) is 1. The van der Waals surface area contributed by atoms with Crippen molar-refractivity contribution in [3.63, 3.8) is 0 Å². The molecule has 2 rings (SSSR count). The van der Waals surface area contributed by atoms with Crippen molar-refractivity contribution in [1.82, 2.24) is 5.32 Å². The van der Waals surface area contributed by atoms with E-state index < -0.39 is 12.0 Å². The van der Waals surface area contributed by atoms with Gasteiger partial charge in [0, 0.05) is 5.56 Å². The first-order chi connectivity index (χ1) is 11.6. The van der Waals surface area contributed by atoms with Crippen LogP contribution in [0.2, 0.25) is 0 Å². The second-order valence-electron chi connectivity index (χ2n) is 5.33. The summed E-state index contributed by atoms with van der Waals surface area (Å²) in [6.07, 6.45) is -0.688. The molecule has 1 atom stereocenters. The van der Waals surface area contributed by atoms with Crippen LogP contribution in [0.15, 0.2) is 60.7 Å². The van der Waals surface area contributed by atoms with E-state index in [1.54, 1.807) is 30.3 Å². The molecule has 0 spiro atoms. The van der Waals surface area contributed by atoms with Gasteiger partial charge in [-0.15, -0.1) is 0 Å². The van der Waals surface area contributed by atoms with Crippen LogP contribution in [0.25, 0.3) is 0 Å². The molecule has 1 amide bonds. The van der Waals surface area contributed by atoms with Gasteiger partial charge in [0.2, 0.25) is 0 Å². The van der Waals surface area contributed by atoms with Crippen molar-refractivity contribution >= 4 is 17.7 Å². The molecule has 0 heterocycles. The van der Waals surface area contributed by atoms with Crippen molar-refractivity contribution in [3.8, 4) is 0 Å². The largest absolute Gasteiger partial charge is 0.445 e. The molecule has 0 saturated carbocycles. The molecule has 5 nitrogen and oxygen atoms in total. The Bertz CT molecular complexity index is 698. The molecule has 24 heavy (non-hydrogen) atoms. The summed E-state index contributed by atoms with van der Waals surface area (Å²) in [5.74, 6) is -1.44. The Balaban J connectivity index is 1.77. The maximum Gasteiger partial charge on any atom is 0.407 e. The summed E-state index contributed by atoms with van der Waals surface area (Å²) in [6, 6.07) is 17.8. The predicted octanol–water partition coefficient (Wildman–Crippen LogP) is 3.00. The number of hydrogen-bond acceptors (Lipinski definition) is 4. The number of amides is 1. The zero-order valence-electron chi connectivity index (χ0n) is 13.4. The standard InChI is InChI=1S/C19H19NO4/c1-14(18(22)16-10-6-3-7-11-16)17(21)12-20-19(23)24-13-15-8-4-2-5-9-15/h2-11,14H,12-13H2,1H3,(H,20,23). The van der Waals surface area contributed by atoms with Crippen molar-refractivity contribution in [3.05, 3.63) is 71.8 Å². The zero-order valence-corrected chi connectivity index (χ0v) is 13.4. The fourth-order valence-electron chi connectivity index (χ4n) is 2.09. The molecule has 0 fully saturated rings. The van der Waals surface area contributed by atoms with E-state index in [-0.39, 0.29) is 24.7 Å². The van der Waals surface area contributed by atoms with Crippen LogP contribution in [0.3, 0.4) is 0 Å². The minimum Gasteiger partial charge on any atom is -0.445 e. The van der Waals surface area contributed by atoms with Crippen LogP contribution >= 0.6 is 0 Å². The molecular formula is C19H19NO4. The highest BCUT2D eigenvalue weighted by molar-refractivity contribution is 6.11. The third-order valence-corrected chi connectivity index (χ3v) is 3.55. The highest BCUT2D eigenvalue weighted by Crippen LogP contribution is 2.09. The third kappa shape index (κ3) is 5.05. The number of benzene rings is 2. The lowest BCUT2D eigenvalue weighted by molar-refractivity contribution is -0.120. The van der Waals surface area contributed by atoms with E-state index in [1.165, 1.54) is 6.92 Å². The van der Waals surface area contributed by atoms with Gasteiger partial charge in [-0.2, -0.15) is 0 Å². The molecular weight excluding hydrogens is 306 g/mol. The smallest absolute Gasteiger partial charge is 0.407 e. The number of Topliss-reactive ketones (excluding diaryl/α,β-unsaturated/α-hetero) is 2. The van der Waals surface area contributed by atoms with Crippen LogP contribution in [-0.4, -0.2) is 24.2 Å². The molecule has 2 aromatic carbocycles. The van der Waals surface area contributed by atoms with E-state index >= 15 is 0 Å². The van der Waals surface area contributed by atoms with E-state index in [4.69, 9.17) is 4.74 Å². The summed E-state index contributed by atoms with van der Waals surface area (Å²) in [6.45, 7) is 1.42. The average Bonchev–Trinajstić information content (AvgIpc) is 2.64. The molecule has 0 aromatic heterocycles. The van der Waals surface area contributed by atoms with Crippen LogP contribution in [0, 0.1) is 5.92 Å². The fraction of sp³-hybridized carbons (Fsp3) is 0.211. The summed E-state index contributed by atoms with van der Waals surface area (Å²) in [5.41, 5.74) is 1.33. The SMILES string of the molecule is CC(C(=O)CNC(=O)OCc1ccccc1)C(=O)c1ccccc1. The molecule has 0 aliphatic carbocycles. The van der Waals surface area contributed by atoms with Gasteiger partial charge < -0.3 is 10.1 Å². The number of ether oxygens (including phenoxy) is 1. The Kier molecular flexibility index (Phi) is 6.25. The van der Waals surface area contributed by atoms with Crippen molar-refractivity contribution in [2.24, 2.45) is 5.92 Å². The van der Waals surface area contributed by atoms with Gasteiger partial charge in [0.25, 0.3) is 0 Å².